The molecular formula is C15H19N5O3S. The monoisotopic (exact) mass is 349 g/mol. The SMILES string of the molecule is CN(CCNC(=O)c1ccc(-c2cc(N)ncn2)cc1)S(C)(=O)=O. The van der Waals surface area contributed by atoms with Crippen molar-refractivity contribution in [3.05, 3.63) is 42.2 Å². The van der Waals surface area contributed by atoms with E-state index in [0.29, 0.717) is 17.1 Å². The molecule has 0 aliphatic rings. The third-order valence-corrected chi connectivity index (χ3v) is 4.72. The molecule has 3 N–H and O–H groups in total. The van der Waals surface area contributed by atoms with Gasteiger partial charge in [-0.2, -0.15) is 0 Å². The van der Waals surface area contributed by atoms with Crippen LogP contribution in [-0.4, -0.2) is 55.0 Å². The van der Waals surface area contributed by atoms with Crippen LogP contribution in [0.15, 0.2) is 36.7 Å². The van der Waals surface area contributed by atoms with Crippen molar-refractivity contribution in [2.75, 3.05) is 32.1 Å². The normalized spacial score (nSPS) is 11.5. The molecule has 2 rings (SSSR count). The number of aromatic nitrogens is 2. The second-order valence-electron chi connectivity index (χ2n) is 5.25. The summed E-state index contributed by atoms with van der Waals surface area (Å²) in [6, 6.07) is 8.52. The van der Waals surface area contributed by atoms with Crippen molar-refractivity contribution in [3.8, 4) is 11.3 Å². The summed E-state index contributed by atoms with van der Waals surface area (Å²) in [4.78, 5) is 20.0. The lowest BCUT2D eigenvalue weighted by molar-refractivity contribution is 0.0952. The molecule has 1 aromatic carbocycles. The molecule has 1 heterocycles. The number of benzene rings is 1. The summed E-state index contributed by atoms with van der Waals surface area (Å²) in [6.07, 6.45) is 2.50. The van der Waals surface area contributed by atoms with Crippen LogP contribution in [-0.2, 0) is 10.0 Å². The van der Waals surface area contributed by atoms with Gasteiger partial charge in [-0.25, -0.2) is 22.7 Å². The number of nitrogen functional groups attached to an aromatic ring is 1. The van der Waals surface area contributed by atoms with E-state index in [4.69, 9.17) is 5.73 Å². The largest absolute Gasteiger partial charge is 0.384 e. The fourth-order valence-corrected chi connectivity index (χ4v) is 2.34. The Hall–Kier alpha value is -2.52. The Labute approximate surface area is 140 Å². The minimum atomic E-state index is -3.25. The van der Waals surface area contributed by atoms with Crippen molar-refractivity contribution in [2.24, 2.45) is 0 Å². The number of anilines is 1. The topological polar surface area (TPSA) is 118 Å². The Morgan fingerprint density at radius 1 is 1.25 bits per heavy atom. The Balaban J connectivity index is 1.96. The van der Waals surface area contributed by atoms with Gasteiger partial charge in [0.25, 0.3) is 5.91 Å². The minimum absolute atomic E-state index is 0.211. The van der Waals surface area contributed by atoms with Gasteiger partial charge in [0.1, 0.15) is 12.1 Å². The van der Waals surface area contributed by atoms with Gasteiger partial charge in [-0.15, -0.1) is 0 Å². The van der Waals surface area contributed by atoms with Crippen molar-refractivity contribution in [2.45, 2.75) is 0 Å². The molecule has 0 fully saturated rings. The number of hydrogen-bond donors (Lipinski definition) is 2. The summed E-state index contributed by atoms with van der Waals surface area (Å²) in [7, 11) is -1.78. The minimum Gasteiger partial charge on any atom is -0.384 e. The van der Waals surface area contributed by atoms with Crippen LogP contribution in [0.2, 0.25) is 0 Å². The van der Waals surface area contributed by atoms with Gasteiger partial charge < -0.3 is 11.1 Å². The number of nitrogens with one attached hydrogen (secondary N) is 1. The van der Waals surface area contributed by atoms with E-state index in [9.17, 15) is 13.2 Å². The Kier molecular flexibility index (Phi) is 5.47. The first-order valence-corrected chi connectivity index (χ1v) is 8.99. The van der Waals surface area contributed by atoms with Crippen LogP contribution in [0.25, 0.3) is 11.3 Å². The Morgan fingerprint density at radius 2 is 1.92 bits per heavy atom. The van der Waals surface area contributed by atoms with E-state index >= 15 is 0 Å². The highest BCUT2D eigenvalue weighted by Gasteiger charge is 2.11. The molecule has 1 aromatic heterocycles. The fraction of sp³-hybridized carbons (Fsp3) is 0.267. The molecule has 9 heteroatoms. The molecular weight excluding hydrogens is 330 g/mol. The maximum absolute atomic E-state index is 12.1. The van der Waals surface area contributed by atoms with E-state index in [-0.39, 0.29) is 19.0 Å². The summed E-state index contributed by atoms with van der Waals surface area (Å²) in [6.45, 7) is 0.440. The van der Waals surface area contributed by atoms with Gasteiger partial charge in [0.05, 0.1) is 11.9 Å². The predicted octanol–water partition coefficient (Wildman–Crippen LogP) is 0.347. The average molecular weight is 349 g/mol. The molecule has 128 valence electrons. The third-order valence-electron chi connectivity index (χ3n) is 3.41. The molecule has 1 amide bonds. The molecule has 0 spiro atoms. The number of nitrogens with two attached hydrogens (primary N) is 1. The lowest BCUT2D eigenvalue weighted by atomic mass is 10.1. The maximum Gasteiger partial charge on any atom is 0.251 e. The van der Waals surface area contributed by atoms with Gasteiger partial charge in [0, 0.05) is 37.3 Å². The zero-order chi connectivity index (χ0) is 17.7. The Morgan fingerprint density at radius 3 is 2.50 bits per heavy atom. The summed E-state index contributed by atoms with van der Waals surface area (Å²) in [5.74, 6) is 0.0995. The number of amides is 1. The van der Waals surface area contributed by atoms with Crippen LogP contribution in [0.4, 0.5) is 5.82 Å². The molecule has 0 saturated heterocycles. The molecule has 24 heavy (non-hydrogen) atoms. The zero-order valence-electron chi connectivity index (χ0n) is 13.4. The van der Waals surface area contributed by atoms with Crippen molar-refractivity contribution < 1.29 is 13.2 Å². The predicted molar refractivity (Wildman–Crippen MR) is 91.7 cm³/mol. The maximum atomic E-state index is 12.1. The van der Waals surface area contributed by atoms with E-state index in [1.807, 2.05) is 0 Å². The first-order valence-electron chi connectivity index (χ1n) is 7.15. The van der Waals surface area contributed by atoms with Crippen LogP contribution in [0.5, 0.6) is 0 Å². The fourth-order valence-electron chi connectivity index (χ4n) is 1.92. The lowest BCUT2D eigenvalue weighted by Gasteiger charge is -2.14. The summed E-state index contributed by atoms with van der Waals surface area (Å²) < 4.78 is 23.7. The van der Waals surface area contributed by atoms with Gasteiger partial charge >= 0.3 is 0 Å². The first-order chi connectivity index (χ1) is 11.3. The molecule has 0 aliphatic carbocycles. The summed E-state index contributed by atoms with van der Waals surface area (Å²) in [5.41, 5.74) is 7.58. The second kappa shape index (κ2) is 7.37. The van der Waals surface area contributed by atoms with Crippen LogP contribution in [0.3, 0.4) is 0 Å². The van der Waals surface area contributed by atoms with Crippen molar-refractivity contribution >= 4 is 21.7 Å². The number of carbonyl (C=O) groups excluding carboxylic acids is 1. The van der Waals surface area contributed by atoms with Gasteiger partial charge in [-0.3, -0.25) is 4.79 Å². The second-order valence-corrected chi connectivity index (χ2v) is 7.34. The Bertz CT molecular complexity index is 821. The van der Waals surface area contributed by atoms with E-state index < -0.39 is 10.0 Å². The lowest BCUT2D eigenvalue weighted by Crippen LogP contribution is -2.35. The van der Waals surface area contributed by atoms with E-state index in [0.717, 1.165) is 11.8 Å². The molecule has 0 aliphatic heterocycles. The molecule has 0 bridgehead atoms. The number of rotatable bonds is 6. The van der Waals surface area contributed by atoms with Crippen molar-refractivity contribution in [1.82, 2.24) is 19.6 Å². The molecule has 0 atom stereocenters. The number of hydrogen-bond acceptors (Lipinski definition) is 6. The molecule has 2 aromatic rings. The smallest absolute Gasteiger partial charge is 0.251 e. The zero-order valence-corrected chi connectivity index (χ0v) is 14.2. The standard InChI is InChI=1S/C15H19N5O3S/c1-20(24(2,22)23)8-7-17-15(21)12-5-3-11(4-6-12)13-9-14(16)19-10-18-13/h3-6,9-10H,7-8H2,1-2H3,(H,17,21)(H2,16,18,19). The highest BCUT2D eigenvalue weighted by Crippen LogP contribution is 2.18. The highest BCUT2D eigenvalue weighted by atomic mass is 32.2. The van der Waals surface area contributed by atoms with Crippen LogP contribution in [0.1, 0.15) is 10.4 Å². The van der Waals surface area contributed by atoms with Crippen LogP contribution >= 0.6 is 0 Å². The molecule has 0 unspecified atom stereocenters. The first kappa shape index (κ1) is 17.8. The average Bonchev–Trinajstić information content (AvgIpc) is 2.54. The molecule has 8 nitrogen and oxygen atoms in total. The van der Waals surface area contributed by atoms with Gasteiger partial charge in [0.15, 0.2) is 0 Å². The van der Waals surface area contributed by atoms with Crippen LogP contribution in [0, 0.1) is 0 Å². The van der Waals surface area contributed by atoms with Crippen LogP contribution < -0.4 is 11.1 Å². The third kappa shape index (κ3) is 4.74. The van der Waals surface area contributed by atoms with Gasteiger partial charge in [-0.05, 0) is 12.1 Å². The molecule has 0 saturated carbocycles. The van der Waals surface area contributed by atoms with Gasteiger partial charge in [-0.1, -0.05) is 12.1 Å². The number of nitrogens with zero attached hydrogens (tertiary/aromatic N) is 3. The van der Waals surface area contributed by atoms with Crippen molar-refractivity contribution in [1.29, 1.82) is 0 Å². The molecule has 0 radical (unpaired) electrons. The van der Waals surface area contributed by atoms with Gasteiger partial charge in [0.2, 0.25) is 10.0 Å². The number of carbonyl (C=O) groups is 1. The van der Waals surface area contributed by atoms with E-state index in [1.54, 1.807) is 30.3 Å². The number of likely N-dealkylation sites (N-methyl/N-ethyl adjacent to an activating group) is 1. The number of sulfonamides is 1. The summed E-state index contributed by atoms with van der Waals surface area (Å²) in [5, 5.41) is 2.68. The van der Waals surface area contributed by atoms with Crippen molar-refractivity contribution in [3.63, 3.8) is 0 Å². The van der Waals surface area contributed by atoms with E-state index in [2.05, 4.69) is 15.3 Å². The highest BCUT2D eigenvalue weighted by molar-refractivity contribution is 7.88. The quantitative estimate of drug-likeness (QED) is 0.777. The summed E-state index contributed by atoms with van der Waals surface area (Å²) >= 11 is 0. The van der Waals surface area contributed by atoms with E-state index in [1.165, 1.54) is 17.7 Å².